The number of carbonyl (C=O) groups is 1. The van der Waals surface area contributed by atoms with Crippen molar-refractivity contribution in [3.05, 3.63) is 70.6 Å². The highest BCUT2D eigenvalue weighted by atomic mass is 16.5. The molecule has 30 heavy (non-hydrogen) atoms. The van der Waals surface area contributed by atoms with Gasteiger partial charge in [0.25, 0.3) is 11.5 Å². The number of anilines is 1. The Bertz CT molecular complexity index is 1290. The molecule has 2 heterocycles. The number of amides is 1. The maximum atomic E-state index is 13.2. The molecule has 1 amide bonds. The molecule has 2 aromatic heterocycles. The monoisotopic (exact) mass is 404 g/mol. The lowest BCUT2D eigenvalue weighted by molar-refractivity contribution is 0.0988. The molecule has 0 N–H and O–H groups in total. The van der Waals surface area contributed by atoms with Crippen LogP contribution < -0.4 is 15.2 Å². The Hall–Kier alpha value is -3.61. The minimum Gasteiger partial charge on any atom is -0.497 e. The molecule has 0 spiro atoms. The summed E-state index contributed by atoms with van der Waals surface area (Å²) in [4.78, 5) is 27.8. The molecule has 0 fully saturated rings. The fourth-order valence-corrected chi connectivity index (χ4v) is 3.58. The van der Waals surface area contributed by atoms with Gasteiger partial charge in [-0.2, -0.15) is 5.10 Å². The van der Waals surface area contributed by atoms with E-state index in [-0.39, 0.29) is 17.2 Å². The highest BCUT2D eigenvalue weighted by Crippen LogP contribution is 2.21. The lowest BCUT2D eigenvalue weighted by Crippen LogP contribution is -2.26. The van der Waals surface area contributed by atoms with Gasteiger partial charge in [0.05, 0.1) is 18.1 Å². The van der Waals surface area contributed by atoms with E-state index in [9.17, 15) is 9.59 Å². The van der Waals surface area contributed by atoms with Gasteiger partial charge in [0, 0.05) is 25.3 Å². The van der Waals surface area contributed by atoms with Gasteiger partial charge in [0.15, 0.2) is 5.69 Å². The molecule has 0 atom stereocenters. The molecule has 0 aliphatic carbocycles. The average Bonchev–Trinajstić information content (AvgIpc) is 3.21. The average molecular weight is 404 g/mol. The zero-order valence-electron chi connectivity index (χ0n) is 17.5. The van der Waals surface area contributed by atoms with Crippen molar-refractivity contribution in [3.63, 3.8) is 0 Å². The number of benzene rings is 2. The Morgan fingerprint density at radius 1 is 1.07 bits per heavy atom. The van der Waals surface area contributed by atoms with Crippen LogP contribution in [0.3, 0.4) is 0 Å². The molecule has 0 aliphatic heterocycles. The Labute approximate surface area is 174 Å². The van der Waals surface area contributed by atoms with Gasteiger partial charge in [0.2, 0.25) is 0 Å². The molecular weight excluding hydrogens is 380 g/mol. The third kappa shape index (κ3) is 3.32. The number of fused-ring (bicyclic) bond motifs is 3. The molecule has 0 unspecified atom stereocenters. The summed E-state index contributed by atoms with van der Waals surface area (Å²) < 4.78 is 8.51. The van der Waals surface area contributed by atoms with Crippen LogP contribution in [0.1, 0.15) is 24.3 Å². The third-order valence-corrected chi connectivity index (χ3v) is 5.11. The van der Waals surface area contributed by atoms with Crippen LogP contribution in [0.25, 0.3) is 16.6 Å². The van der Waals surface area contributed by atoms with Crippen molar-refractivity contribution in [2.75, 3.05) is 19.1 Å². The van der Waals surface area contributed by atoms with Crippen LogP contribution >= 0.6 is 0 Å². The van der Waals surface area contributed by atoms with E-state index in [1.54, 1.807) is 53.6 Å². The van der Waals surface area contributed by atoms with Crippen LogP contribution in [-0.2, 0) is 6.54 Å². The molecule has 0 bridgehead atoms. The fourth-order valence-electron chi connectivity index (χ4n) is 3.58. The van der Waals surface area contributed by atoms with E-state index in [0.29, 0.717) is 29.4 Å². The minimum absolute atomic E-state index is 0.152. The number of hydrogen-bond acceptors (Lipinski definition) is 4. The maximum absolute atomic E-state index is 13.2. The molecule has 0 saturated heterocycles. The van der Waals surface area contributed by atoms with Gasteiger partial charge in [-0.3, -0.25) is 9.59 Å². The lowest BCUT2D eigenvalue weighted by Gasteiger charge is -2.16. The van der Waals surface area contributed by atoms with Crippen molar-refractivity contribution in [1.82, 2.24) is 14.2 Å². The summed E-state index contributed by atoms with van der Waals surface area (Å²) in [7, 11) is 3.28. The number of para-hydroxylation sites is 2. The number of ether oxygens (including phenoxy) is 1. The Morgan fingerprint density at radius 2 is 1.73 bits per heavy atom. The smallest absolute Gasteiger partial charge is 0.278 e. The number of hydrogen-bond donors (Lipinski definition) is 0. The fraction of sp³-hybridized carbons (Fsp3) is 0.261. The number of nitrogens with zero attached hydrogens (tertiary/aromatic N) is 4. The van der Waals surface area contributed by atoms with E-state index in [2.05, 4.69) is 18.9 Å². The SMILES string of the molecule is COc1ccc(N(C)C(=O)c2cc3c(=O)n(CC(C)C)c4ccccc4n3n2)cc1. The van der Waals surface area contributed by atoms with E-state index >= 15 is 0 Å². The summed E-state index contributed by atoms with van der Waals surface area (Å²) in [5.41, 5.74) is 2.76. The number of methoxy groups -OCH3 is 1. The first-order valence-electron chi connectivity index (χ1n) is 9.84. The van der Waals surface area contributed by atoms with Gasteiger partial charge in [-0.25, -0.2) is 4.52 Å². The lowest BCUT2D eigenvalue weighted by atomic mass is 10.2. The van der Waals surface area contributed by atoms with E-state index in [0.717, 1.165) is 11.0 Å². The largest absolute Gasteiger partial charge is 0.497 e. The highest BCUT2D eigenvalue weighted by Gasteiger charge is 2.21. The summed E-state index contributed by atoms with van der Waals surface area (Å²) in [5.74, 6) is 0.728. The van der Waals surface area contributed by atoms with Crippen LogP contribution in [0.4, 0.5) is 5.69 Å². The highest BCUT2D eigenvalue weighted by molar-refractivity contribution is 6.05. The van der Waals surface area contributed by atoms with Crippen molar-refractivity contribution in [2.45, 2.75) is 20.4 Å². The summed E-state index contributed by atoms with van der Waals surface area (Å²) in [6, 6.07) is 16.4. The number of rotatable bonds is 5. The van der Waals surface area contributed by atoms with E-state index in [4.69, 9.17) is 4.74 Å². The minimum atomic E-state index is -0.289. The second-order valence-corrected chi connectivity index (χ2v) is 7.69. The summed E-state index contributed by atoms with van der Waals surface area (Å²) in [6.45, 7) is 4.73. The molecule has 0 aliphatic rings. The third-order valence-electron chi connectivity index (χ3n) is 5.11. The van der Waals surface area contributed by atoms with Crippen LogP contribution in [0, 0.1) is 5.92 Å². The van der Waals surface area contributed by atoms with Crippen molar-refractivity contribution in [2.24, 2.45) is 5.92 Å². The van der Waals surface area contributed by atoms with Crippen molar-refractivity contribution in [3.8, 4) is 5.75 Å². The Morgan fingerprint density at radius 3 is 2.37 bits per heavy atom. The molecule has 4 aromatic rings. The first-order valence-corrected chi connectivity index (χ1v) is 9.84. The van der Waals surface area contributed by atoms with Gasteiger partial charge >= 0.3 is 0 Å². The van der Waals surface area contributed by atoms with E-state index in [1.807, 2.05) is 24.3 Å². The summed E-state index contributed by atoms with van der Waals surface area (Å²) in [5, 5.41) is 4.49. The van der Waals surface area contributed by atoms with E-state index < -0.39 is 0 Å². The Balaban J connectivity index is 1.82. The molecule has 2 aromatic carbocycles. The second kappa shape index (κ2) is 7.67. The van der Waals surface area contributed by atoms with Gasteiger partial charge in [-0.1, -0.05) is 26.0 Å². The van der Waals surface area contributed by atoms with Crippen molar-refractivity contribution >= 4 is 28.1 Å². The van der Waals surface area contributed by atoms with E-state index in [1.165, 1.54) is 4.90 Å². The van der Waals surface area contributed by atoms with Crippen molar-refractivity contribution < 1.29 is 9.53 Å². The quantitative estimate of drug-likeness (QED) is 0.510. The second-order valence-electron chi connectivity index (χ2n) is 7.69. The van der Waals surface area contributed by atoms with Crippen molar-refractivity contribution in [1.29, 1.82) is 0 Å². The van der Waals surface area contributed by atoms with Gasteiger partial charge < -0.3 is 14.2 Å². The zero-order valence-corrected chi connectivity index (χ0v) is 17.5. The standard InChI is InChI=1S/C23H24N4O3/c1-15(2)14-26-19-7-5-6-8-20(19)27-21(23(26)29)13-18(24-27)22(28)25(3)16-9-11-17(30-4)12-10-16/h5-13,15H,14H2,1-4H3. The molecule has 7 nitrogen and oxygen atoms in total. The first kappa shape index (κ1) is 19.7. The Kier molecular flexibility index (Phi) is 5.03. The van der Waals surface area contributed by atoms with Crippen LogP contribution in [0.15, 0.2) is 59.4 Å². The first-order chi connectivity index (χ1) is 14.4. The molecule has 7 heteroatoms. The van der Waals surface area contributed by atoms with Gasteiger partial charge in [-0.15, -0.1) is 0 Å². The normalized spacial score (nSPS) is 11.4. The number of aromatic nitrogens is 3. The molecule has 154 valence electrons. The molecule has 0 saturated carbocycles. The van der Waals surface area contributed by atoms with Gasteiger partial charge in [0.1, 0.15) is 11.3 Å². The topological polar surface area (TPSA) is 68.8 Å². The predicted octanol–water partition coefficient (Wildman–Crippen LogP) is 3.59. The predicted molar refractivity (Wildman–Crippen MR) is 118 cm³/mol. The van der Waals surface area contributed by atoms with Crippen LogP contribution in [-0.4, -0.2) is 34.2 Å². The molecular formula is C23H24N4O3. The zero-order chi connectivity index (χ0) is 21.4. The number of carbonyl (C=O) groups excluding carboxylic acids is 1. The van der Waals surface area contributed by atoms with Gasteiger partial charge in [-0.05, 0) is 42.3 Å². The molecule has 4 rings (SSSR count). The van der Waals surface area contributed by atoms with Crippen LogP contribution in [0.2, 0.25) is 0 Å². The summed E-state index contributed by atoms with van der Waals surface area (Å²) in [6.07, 6.45) is 0. The maximum Gasteiger partial charge on any atom is 0.278 e. The summed E-state index contributed by atoms with van der Waals surface area (Å²) >= 11 is 0. The van der Waals surface area contributed by atoms with Crippen LogP contribution in [0.5, 0.6) is 5.75 Å². The molecule has 0 radical (unpaired) electrons.